The summed E-state index contributed by atoms with van der Waals surface area (Å²) in [4.78, 5) is 29.3. The summed E-state index contributed by atoms with van der Waals surface area (Å²) in [7, 11) is 1.67. The van der Waals surface area contributed by atoms with Crippen molar-refractivity contribution in [3.05, 3.63) is 59.2 Å². The number of carbonyl (C=O) groups excluding carboxylic acids is 2. The molecule has 0 aromatic heterocycles. The van der Waals surface area contributed by atoms with Gasteiger partial charge in [0.1, 0.15) is 5.75 Å². The first-order valence-corrected chi connectivity index (χ1v) is 10.5. The van der Waals surface area contributed by atoms with Crippen molar-refractivity contribution in [2.75, 3.05) is 38.2 Å². The molecule has 4 rings (SSSR count). The van der Waals surface area contributed by atoms with E-state index in [2.05, 4.69) is 17.0 Å². The minimum absolute atomic E-state index is 0.0723. The summed E-state index contributed by atoms with van der Waals surface area (Å²) in [6.07, 6.45) is 3.92. The van der Waals surface area contributed by atoms with Crippen LogP contribution < -0.4 is 9.64 Å². The number of hydrogen-bond donors (Lipinski definition) is 0. The fourth-order valence-electron chi connectivity index (χ4n) is 4.29. The molecule has 0 atom stereocenters. The van der Waals surface area contributed by atoms with Crippen LogP contribution in [-0.4, -0.2) is 49.9 Å². The van der Waals surface area contributed by atoms with E-state index in [-0.39, 0.29) is 24.5 Å². The molecule has 0 radical (unpaired) electrons. The molecule has 5 nitrogen and oxygen atoms in total. The van der Waals surface area contributed by atoms with Gasteiger partial charge in [-0.1, -0.05) is 18.2 Å². The Morgan fingerprint density at radius 3 is 2.52 bits per heavy atom. The Morgan fingerprint density at radius 2 is 1.72 bits per heavy atom. The third-order valence-corrected chi connectivity index (χ3v) is 6.04. The zero-order valence-corrected chi connectivity index (χ0v) is 17.0. The summed E-state index contributed by atoms with van der Waals surface area (Å²) < 4.78 is 5.30. The van der Waals surface area contributed by atoms with E-state index in [0.717, 1.165) is 42.9 Å². The Hall–Kier alpha value is -2.82. The van der Waals surface area contributed by atoms with Gasteiger partial charge in [-0.2, -0.15) is 0 Å². The zero-order chi connectivity index (χ0) is 20.2. The van der Waals surface area contributed by atoms with Gasteiger partial charge in [0.15, 0.2) is 5.78 Å². The van der Waals surface area contributed by atoms with Crippen molar-refractivity contribution in [1.29, 1.82) is 0 Å². The van der Waals surface area contributed by atoms with Crippen molar-refractivity contribution in [2.24, 2.45) is 0 Å². The Morgan fingerprint density at radius 1 is 0.931 bits per heavy atom. The fraction of sp³-hybridized carbons (Fsp3) is 0.417. The maximum atomic E-state index is 12.6. The number of fused-ring (bicyclic) bond motifs is 1. The molecule has 2 aromatic carbocycles. The van der Waals surface area contributed by atoms with Gasteiger partial charge in [-0.15, -0.1) is 0 Å². The van der Waals surface area contributed by atoms with Crippen LogP contribution >= 0.6 is 0 Å². The van der Waals surface area contributed by atoms with Gasteiger partial charge in [0, 0.05) is 56.3 Å². The van der Waals surface area contributed by atoms with E-state index in [1.54, 1.807) is 7.11 Å². The number of ether oxygens (including phenoxy) is 1. The normalized spacial score (nSPS) is 15.9. The van der Waals surface area contributed by atoms with Gasteiger partial charge in [-0.3, -0.25) is 9.59 Å². The molecule has 0 spiro atoms. The number of benzene rings is 2. The number of aryl methyl sites for hydroxylation is 2. The highest BCUT2D eigenvalue weighted by Gasteiger charge is 2.22. The molecular formula is C24H28N2O3. The molecule has 2 aliphatic rings. The van der Waals surface area contributed by atoms with E-state index in [1.807, 2.05) is 35.2 Å². The molecule has 152 valence electrons. The molecular weight excluding hydrogens is 364 g/mol. The van der Waals surface area contributed by atoms with E-state index >= 15 is 0 Å². The smallest absolute Gasteiger partial charge is 0.223 e. The van der Waals surface area contributed by atoms with Gasteiger partial charge in [0.2, 0.25) is 5.91 Å². The summed E-state index contributed by atoms with van der Waals surface area (Å²) in [6.45, 7) is 2.95. The summed E-state index contributed by atoms with van der Waals surface area (Å²) in [6, 6.07) is 14.0. The first-order chi connectivity index (χ1) is 14.1. The van der Waals surface area contributed by atoms with Crippen LogP contribution in [0.15, 0.2) is 42.5 Å². The second-order valence-electron chi connectivity index (χ2n) is 7.83. The number of methoxy groups -OCH3 is 1. The summed E-state index contributed by atoms with van der Waals surface area (Å²) in [5, 5.41) is 0. The third-order valence-electron chi connectivity index (χ3n) is 6.04. The molecule has 0 unspecified atom stereocenters. The van der Waals surface area contributed by atoms with E-state index in [0.29, 0.717) is 13.1 Å². The Balaban J connectivity index is 1.27. The van der Waals surface area contributed by atoms with Crippen molar-refractivity contribution in [3.8, 4) is 5.75 Å². The van der Waals surface area contributed by atoms with Crippen molar-refractivity contribution < 1.29 is 14.3 Å². The molecule has 0 saturated carbocycles. The van der Waals surface area contributed by atoms with Gasteiger partial charge in [-0.25, -0.2) is 0 Å². The van der Waals surface area contributed by atoms with Crippen LogP contribution in [-0.2, 0) is 17.6 Å². The molecule has 1 aliphatic carbocycles. The average molecular weight is 392 g/mol. The van der Waals surface area contributed by atoms with Crippen LogP contribution in [0.4, 0.5) is 5.69 Å². The van der Waals surface area contributed by atoms with Crippen LogP contribution in [0.5, 0.6) is 5.75 Å². The molecule has 1 heterocycles. The SMILES string of the molecule is COc1cccc(N2CCN(C(=O)CCC(=O)c3ccc4c(c3)CCC4)CC2)c1. The number of rotatable bonds is 6. The highest BCUT2D eigenvalue weighted by atomic mass is 16.5. The quantitative estimate of drug-likeness (QED) is 0.706. The van der Waals surface area contributed by atoms with Crippen molar-refractivity contribution in [2.45, 2.75) is 32.1 Å². The zero-order valence-electron chi connectivity index (χ0n) is 17.0. The molecule has 0 bridgehead atoms. The van der Waals surface area contributed by atoms with Crippen molar-refractivity contribution in [1.82, 2.24) is 4.90 Å². The molecule has 5 heteroatoms. The van der Waals surface area contributed by atoms with Crippen LogP contribution in [0.25, 0.3) is 0 Å². The van der Waals surface area contributed by atoms with Crippen molar-refractivity contribution in [3.63, 3.8) is 0 Å². The highest BCUT2D eigenvalue weighted by molar-refractivity contribution is 5.98. The highest BCUT2D eigenvalue weighted by Crippen LogP contribution is 2.24. The first kappa shape index (κ1) is 19.5. The lowest BCUT2D eigenvalue weighted by Crippen LogP contribution is -2.48. The molecule has 1 aliphatic heterocycles. The molecule has 1 amide bonds. The number of carbonyl (C=O) groups is 2. The number of nitrogens with zero attached hydrogens (tertiary/aromatic N) is 2. The number of hydrogen-bond acceptors (Lipinski definition) is 4. The molecule has 1 saturated heterocycles. The van der Waals surface area contributed by atoms with Crippen LogP contribution in [0.1, 0.15) is 40.7 Å². The largest absolute Gasteiger partial charge is 0.497 e. The standard InChI is InChI=1S/C24H28N2O3/c1-29-22-7-3-6-21(17-22)25-12-14-26(15-13-25)24(28)11-10-23(27)20-9-8-18-4-2-5-19(18)16-20/h3,6-9,16-17H,2,4-5,10-15H2,1H3. The topological polar surface area (TPSA) is 49.9 Å². The Bertz CT molecular complexity index is 901. The number of anilines is 1. The van der Waals surface area contributed by atoms with Gasteiger partial charge in [0.05, 0.1) is 7.11 Å². The lowest BCUT2D eigenvalue weighted by Gasteiger charge is -2.36. The lowest BCUT2D eigenvalue weighted by molar-refractivity contribution is -0.131. The second-order valence-corrected chi connectivity index (χ2v) is 7.83. The lowest BCUT2D eigenvalue weighted by atomic mass is 10.0. The third kappa shape index (κ3) is 4.44. The molecule has 0 N–H and O–H groups in total. The summed E-state index contributed by atoms with van der Waals surface area (Å²) in [5.74, 6) is 0.985. The van der Waals surface area contributed by atoms with Crippen LogP contribution in [0.3, 0.4) is 0 Å². The van der Waals surface area contributed by atoms with Crippen LogP contribution in [0, 0.1) is 0 Å². The maximum absolute atomic E-state index is 12.6. The predicted octanol–water partition coefficient (Wildman–Crippen LogP) is 3.50. The van der Waals surface area contributed by atoms with Gasteiger partial charge >= 0.3 is 0 Å². The number of Topliss-reactive ketones (excluding diaryl/α,β-unsaturated/α-hetero) is 1. The van der Waals surface area contributed by atoms with Crippen LogP contribution in [0.2, 0.25) is 0 Å². The minimum Gasteiger partial charge on any atom is -0.497 e. The van der Waals surface area contributed by atoms with Crippen molar-refractivity contribution >= 4 is 17.4 Å². The van der Waals surface area contributed by atoms with Gasteiger partial charge < -0.3 is 14.5 Å². The monoisotopic (exact) mass is 392 g/mol. The second kappa shape index (κ2) is 8.68. The summed E-state index contributed by atoms with van der Waals surface area (Å²) in [5.41, 5.74) is 4.53. The average Bonchev–Trinajstić information content (AvgIpc) is 3.25. The number of piperazine rings is 1. The number of ketones is 1. The van der Waals surface area contributed by atoms with E-state index in [9.17, 15) is 9.59 Å². The maximum Gasteiger partial charge on any atom is 0.223 e. The minimum atomic E-state index is 0.0723. The molecule has 2 aromatic rings. The fourth-order valence-corrected chi connectivity index (χ4v) is 4.29. The Kier molecular flexibility index (Phi) is 5.84. The van der Waals surface area contributed by atoms with E-state index in [1.165, 1.54) is 17.5 Å². The molecule has 1 fully saturated rings. The Labute approximate surface area is 172 Å². The number of amides is 1. The predicted molar refractivity (Wildman–Crippen MR) is 114 cm³/mol. The molecule has 29 heavy (non-hydrogen) atoms. The van der Waals surface area contributed by atoms with E-state index < -0.39 is 0 Å². The first-order valence-electron chi connectivity index (χ1n) is 10.5. The van der Waals surface area contributed by atoms with E-state index in [4.69, 9.17) is 4.74 Å². The van der Waals surface area contributed by atoms with Gasteiger partial charge in [0.25, 0.3) is 0 Å². The summed E-state index contributed by atoms with van der Waals surface area (Å²) >= 11 is 0. The van der Waals surface area contributed by atoms with Gasteiger partial charge in [-0.05, 0) is 48.6 Å².